The molecule has 1 fully saturated rings. The monoisotopic (exact) mass is 490 g/mol. The molecule has 1 heterocycles. The van der Waals surface area contributed by atoms with Crippen LogP contribution in [0.15, 0.2) is 35.5 Å². The lowest BCUT2D eigenvalue weighted by Crippen LogP contribution is -2.37. The summed E-state index contributed by atoms with van der Waals surface area (Å²) in [6.45, 7) is 5.02. The summed E-state index contributed by atoms with van der Waals surface area (Å²) >= 11 is 6.50. The number of oxime groups is 1. The first-order chi connectivity index (χ1) is 16.3. The average Bonchev–Trinajstić information content (AvgIpc) is 2.81. The zero-order chi connectivity index (χ0) is 24.9. The number of likely N-dealkylation sites (tertiary alicyclic amines) is 1. The molecule has 7 nitrogen and oxygen atoms in total. The van der Waals surface area contributed by atoms with Crippen molar-refractivity contribution < 1.29 is 24.6 Å². The van der Waals surface area contributed by atoms with E-state index in [4.69, 9.17) is 21.5 Å². The van der Waals surface area contributed by atoms with Crippen molar-refractivity contribution in [3.8, 4) is 0 Å². The van der Waals surface area contributed by atoms with E-state index in [0.717, 1.165) is 50.8 Å². The molecule has 2 N–H and O–H groups in total. The van der Waals surface area contributed by atoms with Crippen molar-refractivity contribution in [2.24, 2.45) is 5.16 Å². The van der Waals surface area contributed by atoms with Gasteiger partial charge in [0.15, 0.2) is 6.61 Å². The van der Waals surface area contributed by atoms with Gasteiger partial charge in [0.25, 0.3) is 5.91 Å². The summed E-state index contributed by atoms with van der Waals surface area (Å²) < 4.78 is 0. The lowest BCUT2D eigenvalue weighted by Gasteiger charge is -2.26. The molecule has 1 amide bonds. The third-order valence-corrected chi connectivity index (χ3v) is 6.19. The first kappa shape index (κ1) is 27.6. The number of aliphatic hydroxyl groups is 1. The Morgan fingerprint density at radius 3 is 2.44 bits per heavy atom. The minimum atomic E-state index is -1.05. The topological polar surface area (TPSA) is 99.4 Å². The van der Waals surface area contributed by atoms with Gasteiger partial charge >= 0.3 is 5.97 Å². The van der Waals surface area contributed by atoms with Gasteiger partial charge in [-0.25, -0.2) is 4.79 Å². The molecule has 0 spiro atoms. The fourth-order valence-corrected chi connectivity index (χ4v) is 4.16. The van der Waals surface area contributed by atoms with Crippen LogP contribution in [0.2, 0.25) is 5.02 Å². The summed E-state index contributed by atoms with van der Waals surface area (Å²) in [6, 6.07) is 1.76. The molecule has 1 aromatic rings. The Balaban J connectivity index is 2.19. The molecule has 2 rings (SSSR count). The van der Waals surface area contributed by atoms with E-state index in [1.165, 1.54) is 0 Å². The van der Waals surface area contributed by atoms with E-state index in [0.29, 0.717) is 28.3 Å². The number of aromatic carboxylic acids is 1. The Hall–Kier alpha value is -2.64. The van der Waals surface area contributed by atoms with Gasteiger partial charge in [-0.15, -0.1) is 0 Å². The highest BCUT2D eigenvalue weighted by atomic mass is 35.5. The highest BCUT2D eigenvalue weighted by Gasteiger charge is 2.20. The van der Waals surface area contributed by atoms with Crippen LogP contribution in [0.4, 0.5) is 0 Å². The zero-order valence-corrected chi connectivity index (χ0v) is 20.8. The highest BCUT2D eigenvalue weighted by Crippen LogP contribution is 2.28. The lowest BCUT2D eigenvalue weighted by molar-refractivity contribution is -0.137. The van der Waals surface area contributed by atoms with Crippen molar-refractivity contribution in [2.75, 3.05) is 26.3 Å². The smallest absolute Gasteiger partial charge is 0.336 e. The van der Waals surface area contributed by atoms with Crippen molar-refractivity contribution in [2.45, 2.75) is 58.8 Å². The Labute approximate surface area is 206 Å². The summed E-state index contributed by atoms with van der Waals surface area (Å²) in [5, 5.41) is 23.2. The second-order valence-electron chi connectivity index (χ2n) is 8.42. The number of amides is 1. The standard InChI is InChI=1S/C26H35ClN2O5/c1-19-16-20(2)25(27)22(24(19)26(32)33)17-21(12-8-5-3-4-6-11-15-30)28-34-18-23(31)29-13-9-7-10-14-29/h4,6,8,12,16,30H,3,5,7,9-11,13-15,17-18H2,1-2H3,(H,32,33)/b6-4+,12-8+,28-21+. The van der Waals surface area contributed by atoms with Gasteiger partial charge in [-0.3, -0.25) is 4.79 Å². The van der Waals surface area contributed by atoms with E-state index in [1.807, 2.05) is 25.2 Å². The largest absolute Gasteiger partial charge is 0.478 e. The zero-order valence-electron chi connectivity index (χ0n) is 20.1. The number of carboxylic acids is 1. The fraction of sp³-hybridized carbons (Fsp3) is 0.500. The molecule has 0 saturated carbocycles. The van der Waals surface area contributed by atoms with Crippen LogP contribution in [0.25, 0.3) is 0 Å². The van der Waals surface area contributed by atoms with Gasteiger partial charge in [0, 0.05) is 31.1 Å². The maximum absolute atomic E-state index is 12.4. The summed E-state index contributed by atoms with van der Waals surface area (Å²) in [7, 11) is 0. The van der Waals surface area contributed by atoms with Crippen molar-refractivity contribution in [3.05, 3.63) is 57.6 Å². The molecule has 1 aliphatic rings. The number of halogens is 1. The van der Waals surface area contributed by atoms with Crippen molar-refractivity contribution in [3.63, 3.8) is 0 Å². The third kappa shape index (κ3) is 8.61. The Kier molecular flexibility index (Phi) is 11.8. The third-order valence-electron chi connectivity index (χ3n) is 5.66. The van der Waals surface area contributed by atoms with Crippen LogP contribution in [0.3, 0.4) is 0 Å². The lowest BCUT2D eigenvalue weighted by atomic mass is 9.94. The molecule has 186 valence electrons. The van der Waals surface area contributed by atoms with E-state index in [1.54, 1.807) is 24.0 Å². The number of carbonyl (C=O) groups excluding carboxylic acids is 1. The predicted molar refractivity (Wildman–Crippen MR) is 135 cm³/mol. The van der Waals surface area contributed by atoms with Crippen LogP contribution in [0, 0.1) is 13.8 Å². The molecule has 1 saturated heterocycles. The van der Waals surface area contributed by atoms with E-state index in [2.05, 4.69) is 5.16 Å². The van der Waals surface area contributed by atoms with E-state index < -0.39 is 5.97 Å². The molecule has 34 heavy (non-hydrogen) atoms. The molecule has 0 unspecified atom stereocenters. The first-order valence-corrected chi connectivity index (χ1v) is 12.1. The number of hydrogen-bond acceptors (Lipinski definition) is 5. The van der Waals surface area contributed by atoms with Gasteiger partial charge < -0.3 is 20.0 Å². The predicted octanol–water partition coefficient (Wildman–Crippen LogP) is 4.86. The van der Waals surface area contributed by atoms with Gasteiger partial charge in [-0.2, -0.15) is 0 Å². The molecule has 1 aromatic carbocycles. The van der Waals surface area contributed by atoms with Crippen LogP contribution in [-0.2, 0) is 16.1 Å². The minimum Gasteiger partial charge on any atom is -0.478 e. The normalized spacial score (nSPS) is 14.8. The van der Waals surface area contributed by atoms with E-state index >= 15 is 0 Å². The van der Waals surface area contributed by atoms with Crippen molar-refractivity contribution in [1.82, 2.24) is 4.90 Å². The molecule has 1 aliphatic heterocycles. The van der Waals surface area contributed by atoms with Crippen molar-refractivity contribution in [1.29, 1.82) is 0 Å². The molecule has 0 aliphatic carbocycles. The number of hydrogen-bond donors (Lipinski definition) is 2. The van der Waals surface area contributed by atoms with Crippen LogP contribution in [0.1, 0.15) is 65.6 Å². The summed E-state index contributed by atoms with van der Waals surface area (Å²) in [5.41, 5.74) is 2.54. The Morgan fingerprint density at radius 2 is 1.76 bits per heavy atom. The SMILES string of the molecule is Cc1cc(C)c(C(=O)O)c(CC(/C=C/CC/C=C/CCO)=N/OCC(=O)N2CCCCC2)c1Cl. The number of piperidine rings is 1. The quantitative estimate of drug-likeness (QED) is 0.189. The number of rotatable bonds is 12. The molecule has 0 bridgehead atoms. The second-order valence-corrected chi connectivity index (χ2v) is 8.80. The van der Waals surface area contributed by atoms with Crippen molar-refractivity contribution >= 4 is 29.2 Å². The fourth-order valence-electron chi connectivity index (χ4n) is 3.94. The number of allylic oxidation sites excluding steroid dienone is 3. The average molecular weight is 491 g/mol. The number of nitrogens with zero attached hydrogens (tertiary/aromatic N) is 2. The molecule has 0 atom stereocenters. The van der Waals surface area contributed by atoms with Gasteiger partial charge in [-0.1, -0.05) is 41.1 Å². The summed E-state index contributed by atoms with van der Waals surface area (Å²) in [4.78, 5) is 31.5. The van der Waals surface area contributed by atoms with E-state index in [9.17, 15) is 14.7 Å². The number of carbonyl (C=O) groups is 2. The number of benzene rings is 1. The Morgan fingerprint density at radius 1 is 1.09 bits per heavy atom. The number of aliphatic hydroxyl groups excluding tert-OH is 1. The van der Waals surface area contributed by atoms with Crippen LogP contribution >= 0.6 is 11.6 Å². The number of carboxylic acid groups (broad SMARTS) is 1. The summed E-state index contributed by atoms with van der Waals surface area (Å²) in [5.74, 6) is -1.15. The number of unbranched alkanes of at least 4 members (excludes halogenated alkanes) is 1. The maximum Gasteiger partial charge on any atom is 0.336 e. The van der Waals surface area contributed by atoms with Gasteiger partial charge in [0.2, 0.25) is 0 Å². The minimum absolute atomic E-state index is 0.101. The first-order valence-electron chi connectivity index (χ1n) is 11.8. The molecule has 0 radical (unpaired) electrons. The van der Waals surface area contributed by atoms with Gasteiger partial charge in [0.05, 0.1) is 11.3 Å². The van der Waals surface area contributed by atoms with Crippen LogP contribution in [0.5, 0.6) is 0 Å². The maximum atomic E-state index is 12.4. The molecular weight excluding hydrogens is 456 g/mol. The van der Waals surface area contributed by atoms with Gasteiger partial charge in [-0.05, 0) is 75.1 Å². The van der Waals surface area contributed by atoms with Crippen LogP contribution in [-0.4, -0.2) is 59.0 Å². The summed E-state index contributed by atoms with van der Waals surface area (Å²) in [6.07, 6.45) is 13.1. The highest BCUT2D eigenvalue weighted by molar-refractivity contribution is 6.33. The molecule has 8 heteroatoms. The molecular formula is C26H35ClN2O5. The number of aryl methyl sites for hydroxylation is 2. The van der Waals surface area contributed by atoms with Crippen LogP contribution < -0.4 is 0 Å². The Bertz CT molecular complexity index is 934. The molecule has 0 aromatic heterocycles. The van der Waals surface area contributed by atoms with E-state index in [-0.39, 0.29) is 31.1 Å². The second kappa shape index (κ2) is 14.6. The van der Waals surface area contributed by atoms with Gasteiger partial charge in [0.1, 0.15) is 0 Å².